The van der Waals surface area contributed by atoms with E-state index in [1.807, 2.05) is 33.9 Å². The zero-order valence-corrected chi connectivity index (χ0v) is 17.2. The fraction of sp³-hybridized carbons (Fsp3) is 0.500. The maximum atomic E-state index is 12.8. The van der Waals surface area contributed by atoms with Crippen molar-refractivity contribution >= 4 is 11.9 Å². The number of benzene rings is 1. The molecular formula is C22H27N3O5. The lowest BCUT2D eigenvalue weighted by Gasteiger charge is -2.32. The standard InChI is InChI=1S/C22H27N3O5/c1-28-12-13-29-15-25-11-8-23-21(25)16-6-9-24(10-7-16)20(26)14-19-17-4-2-3-5-18(17)22(27)30-19/h2-5,8,11,16,19H,6-7,9-10,12-15H2,1H3. The number of piperidine rings is 1. The van der Waals surface area contributed by atoms with Crippen LogP contribution in [-0.4, -0.2) is 59.7 Å². The summed E-state index contributed by atoms with van der Waals surface area (Å²) in [6.45, 7) is 2.89. The van der Waals surface area contributed by atoms with E-state index in [1.165, 1.54) is 0 Å². The first-order chi connectivity index (χ1) is 14.7. The molecule has 0 bridgehead atoms. The molecule has 0 spiro atoms. The Morgan fingerprint density at radius 2 is 2.03 bits per heavy atom. The molecule has 3 heterocycles. The molecule has 1 aromatic heterocycles. The molecule has 0 saturated carbocycles. The van der Waals surface area contributed by atoms with E-state index in [0.717, 1.165) is 24.2 Å². The number of nitrogens with zero attached hydrogens (tertiary/aromatic N) is 3. The summed E-state index contributed by atoms with van der Waals surface area (Å²) in [6.07, 6.45) is 5.12. The van der Waals surface area contributed by atoms with Gasteiger partial charge in [-0.15, -0.1) is 0 Å². The number of ether oxygens (including phenoxy) is 3. The highest BCUT2D eigenvalue weighted by atomic mass is 16.5. The molecule has 2 aliphatic rings. The van der Waals surface area contributed by atoms with E-state index >= 15 is 0 Å². The molecule has 1 aromatic carbocycles. The van der Waals surface area contributed by atoms with Crippen molar-refractivity contribution in [2.45, 2.75) is 38.0 Å². The molecule has 160 valence electrons. The van der Waals surface area contributed by atoms with Gasteiger partial charge >= 0.3 is 5.97 Å². The zero-order chi connectivity index (χ0) is 20.9. The summed E-state index contributed by atoms with van der Waals surface area (Å²) in [7, 11) is 1.65. The van der Waals surface area contributed by atoms with E-state index in [-0.39, 0.29) is 18.3 Å². The second-order valence-electron chi connectivity index (χ2n) is 7.63. The van der Waals surface area contributed by atoms with Crippen molar-refractivity contribution in [1.82, 2.24) is 14.5 Å². The largest absolute Gasteiger partial charge is 0.453 e. The highest BCUT2D eigenvalue weighted by molar-refractivity contribution is 5.94. The van der Waals surface area contributed by atoms with Crippen molar-refractivity contribution in [3.8, 4) is 0 Å². The van der Waals surface area contributed by atoms with Crippen LogP contribution < -0.4 is 0 Å². The summed E-state index contributed by atoms with van der Waals surface area (Å²) in [5.41, 5.74) is 1.37. The monoisotopic (exact) mass is 413 g/mol. The van der Waals surface area contributed by atoms with Crippen LogP contribution in [0.1, 0.15) is 53.0 Å². The highest BCUT2D eigenvalue weighted by Gasteiger charge is 2.34. The smallest absolute Gasteiger partial charge is 0.339 e. The number of methoxy groups -OCH3 is 1. The van der Waals surface area contributed by atoms with Crippen molar-refractivity contribution in [2.24, 2.45) is 0 Å². The van der Waals surface area contributed by atoms with Crippen LogP contribution in [0, 0.1) is 0 Å². The van der Waals surface area contributed by atoms with Gasteiger partial charge in [-0.05, 0) is 18.9 Å². The Bertz CT molecular complexity index is 888. The SMILES string of the molecule is COCCOCn1ccnc1C1CCN(C(=O)CC2OC(=O)c3ccccc32)CC1. The van der Waals surface area contributed by atoms with Crippen LogP contribution in [-0.2, 0) is 25.7 Å². The Labute approximate surface area is 175 Å². The number of hydrogen-bond donors (Lipinski definition) is 0. The highest BCUT2D eigenvalue weighted by Crippen LogP contribution is 2.34. The van der Waals surface area contributed by atoms with E-state index in [0.29, 0.717) is 44.5 Å². The molecule has 1 unspecified atom stereocenters. The van der Waals surface area contributed by atoms with Gasteiger partial charge in [0.2, 0.25) is 5.91 Å². The molecule has 0 radical (unpaired) electrons. The van der Waals surface area contributed by atoms with E-state index < -0.39 is 6.10 Å². The molecule has 1 fully saturated rings. The van der Waals surface area contributed by atoms with Crippen molar-refractivity contribution < 1.29 is 23.8 Å². The Hall–Kier alpha value is -2.71. The van der Waals surface area contributed by atoms with Crippen LogP contribution in [0.2, 0.25) is 0 Å². The molecule has 1 saturated heterocycles. The summed E-state index contributed by atoms with van der Waals surface area (Å²) in [5, 5.41) is 0. The van der Waals surface area contributed by atoms with Crippen molar-refractivity contribution in [3.05, 3.63) is 53.6 Å². The molecule has 4 rings (SSSR count). The molecule has 8 nitrogen and oxygen atoms in total. The van der Waals surface area contributed by atoms with Crippen molar-refractivity contribution in [1.29, 1.82) is 0 Å². The van der Waals surface area contributed by atoms with Gasteiger partial charge in [0.15, 0.2) is 0 Å². The summed E-state index contributed by atoms with van der Waals surface area (Å²) in [4.78, 5) is 31.2. The van der Waals surface area contributed by atoms with Crippen LogP contribution in [0.25, 0.3) is 0 Å². The lowest BCUT2D eigenvalue weighted by molar-refractivity contribution is -0.134. The number of carbonyl (C=O) groups excluding carboxylic acids is 2. The average molecular weight is 413 g/mol. The summed E-state index contributed by atoms with van der Waals surface area (Å²) < 4.78 is 18.1. The molecule has 2 aliphatic heterocycles. The summed E-state index contributed by atoms with van der Waals surface area (Å²) in [5.74, 6) is 0.967. The third-order valence-corrected chi connectivity index (χ3v) is 5.76. The Kier molecular flexibility index (Phi) is 6.44. The second-order valence-corrected chi connectivity index (χ2v) is 7.63. The Balaban J connectivity index is 1.30. The number of likely N-dealkylation sites (tertiary alicyclic amines) is 1. The van der Waals surface area contributed by atoms with Gasteiger partial charge in [-0.1, -0.05) is 18.2 Å². The first-order valence-corrected chi connectivity index (χ1v) is 10.3. The number of rotatable bonds is 8. The second kappa shape index (κ2) is 9.40. The minimum Gasteiger partial charge on any atom is -0.453 e. The molecule has 8 heteroatoms. The maximum absolute atomic E-state index is 12.8. The number of carbonyl (C=O) groups is 2. The molecule has 0 aliphatic carbocycles. The van der Waals surface area contributed by atoms with Gasteiger partial charge in [-0.2, -0.15) is 0 Å². The number of esters is 1. The van der Waals surface area contributed by atoms with E-state index in [2.05, 4.69) is 4.98 Å². The third-order valence-electron chi connectivity index (χ3n) is 5.76. The molecular weight excluding hydrogens is 386 g/mol. The first-order valence-electron chi connectivity index (χ1n) is 10.3. The number of imidazole rings is 1. The quantitative estimate of drug-likeness (QED) is 0.489. The Morgan fingerprint density at radius 1 is 1.23 bits per heavy atom. The van der Waals surface area contributed by atoms with Gasteiger partial charge in [0, 0.05) is 44.1 Å². The van der Waals surface area contributed by atoms with Crippen LogP contribution in [0.3, 0.4) is 0 Å². The number of amides is 1. The number of aromatic nitrogens is 2. The average Bonchev–Trinajstić information content (AvgIpc) is 3.36. The van der Waals surface area contributed by atoms with Crippen LogP contribution in [0.5, 0.6) is 0 Å². The van der Waals surface area contributed by atoms with Crippen molar-refractivity contribution in [3.63, 3.8) is 0 Å². The minimum atomic E-state index is -0.484. The lowest BCUT2D eigenvalue weighted by Crippen LogP contribution is -2.39. The van der Waals surface area contributed by atoms with Crippen LogP contribution in [0.15, 0.2) is 36.7 Å². The fourth-order valence-electron chi connectivity index (χ4n) is 4.14. The molecule has 30 heavy (non-hydrogen) atoms. The van der Waals surface area contributed by atoms with Gasteiger partial charge < -0.3 is 23.7 Å². The van der Waals surface area contributed by atoms with E-state index in [9.17, 15) is 9.59 Å². The number of fused-ring (bicyclic) bond motifs is 1. The third kappa shape index (κ3) is 4.39. The van der Waals surface area contributed by atoms with E-state index in [1.54, 1.807) is 19.4 Å². The topological polar surface area (TPSA) is 82.9 Å². The van der Waals surface area contributed by atoms with Gasteiger partial charge in [-0.3, -0.25) is 4.79 Å². The molecule has 1 amide bonds. The lowest BCUT2D eigenvalue weighted by atomic mass is 9.95. The minimum absolute atomic E-state index is 0.0224. The summed E-state index contributed by atoms with van der Waals surface area (Å²) >= 11 is 0. The van der Waals surface area contributed by atoms with Gasteiger partial charge in [-0.25, -0.2) is 9.78 Å². The number of cyclic esters (lactones) is 1. The van der Waals surface area contributed by atoms with Gasteiger partial charge in [0.25, 0.3) is 0 Å². The maximum Gasteiger partial charge on any atom is 0.339 e. The predicted molar refractivity (Wildman–Crippen MR) is 108 cm³/mol. The predicted octanol–water partition coefficient (Wildman–Crippen LogP) is 2.51. The van der Waals surface area contributed by atoms with Crippen LogP contribution in [0.4, 0.5) is 0 Å². The molecule has 2 aromatic rings. The van der Waals surface area contributed by atoms with Gasteiger partial charge in [0.1, 0.15) is 18.7 Å². The van der Waals surface area contributed by atoms with E-state index in [4.69, 9.17) is 14.2 Å². The number of hydrogen-bond acceptors (Lipinski definition) is 6. The summed E-state index contributed by atoms with van der Waals surface area (Å²) in [6, 6.07) is 7.28. The fourth-order valence-corrected chi connectivity index (χ4v) is 4.14. The van der Waals surface area contributed by atoms with Gasteiger partial charge in [0.05, 0.1) is 25.2 Å². The normalized spacial score (nSPS) is 19.0. The zero-order valence-electron chi connectivity index (χ0n) is 17.2. The van der Waals surface area contributed by atoms with Crippen molar-refractivity contribution in [2.75, 3.05) is 33.4 Å². The molecule has 0 N–H and O–H groups in total. The molecule has 1 atom stereocenters. The Morgan fingerprint density at radius 3 is 2.83 bits per heavy atom. The van der Waals surface area contributed by atoms with Crippen LogP contribution >= 0.6 is 0 Å². The first kappa shape index (κ1) is 20.6.